The number of hydrogen-bond donors (Lipinski definition) is 3. The Bertz CT molecular complexity index is 507. The van der Waals surface area contributed by atoms with Gasteiger partial charge in [0.1, 0.15) is 0 Å². The predicted octanol–water partition coefficient (Wildman–Crippen LogP) is 3.31. The number of rotatable bonds is 0. The van der Waals surface area contributed by atoms with Crippen molar-refractivity contribution in [1.82, 2.24) is 0 Å². The van der Waals surface area contributed by atoms with E-state index in [-0.39, 0.29) is 0 Å². The molecule has 0 atom stereocenters. The number of aliphatic carboxylic acids is 2. The number of carbonyl (C=O) groups is 2. The van der Waals surface area contributed by atoms with Crippen molar-refractivity contribution in [3.05, 3.63) is 29.8 Å². The number of aryl methyl sites for hydroxylation is 1. The van der Waals surface area contributed by atoms with Gasteiger partial charge in [0.05, 0.1) is 0 Å². The molecule has 0 aliphatic carbocycles. The molecule has 1 aromatic rings. The van der Waals surface area contributed by atoms with E-state index in [1.54, 1.807) is 0 Å². The van der Waals surface area contributed by atoms with Crippen LogP contribution in [0, 0.1) is 0 Å². The molecule has 5 nitrogen and oxygen atoms in total. The maximum absolute atomic E-state index is 10.6. The van der Waals surface area contributed by atoms with Crippen molar-refractivity contribution in [3.8, 4) is 0 Å². The average Bonchev–Trinajstić information content (AvgIpc) is 2.46. The zero-order valence-electron chi connectivity index (χ0n) is 11.9. The smallest absolute Gasteiger partial charge is 0.475 e. The molecule has 0 fully saturated rings. The van der Waals surface area contributed by atoms with Crippen LogP contribution >= 0.6 is 0 Å². The van der Waals surface area contributed by atoms with Crippen LogP contribution in [-0.4, -0.2) is 41.0 Å². The summed E-state index contributed by atoms with van der Waals surface area (Å²) in [5.74, 6) is -5.51. The number of anilines is 1. The highest BCUT2D eigenvalue weighted by Crippen LogP contribution is 2.20. The molecule has 1 aliphatic heterocycles. The summed E-state index contributed by atoms with van der Waals surface area (Å²) < 4.78 is 63.5. The van der Waals surface area contributed by atoms with Gasteiger partial charge in [-0.25, -0.2) is 9.59 Å². The highest BCUT2D eigenvalue weighted by Gasteiger charge is 2.38. The second-order valence-electron chi connectivity index (χ2n) is 4.29. The Hall–Kier alpha value is -2.46. The number of halogens is 6. The second kappa shape index (κ2) is 8.99. The number of carboxylic acid groups (broad SMARTS) is 2. The zero-order valence-corrected chi connectivity index (χ0v) is 11.9. The normalized spacial score (nSPS) is 13.1. The van der Waals surface area contributed by atoms with Gasteiger partial charge in [-0.2, -0.15) is 26.3 Å². The number of benzene rings is 1. The molecule has 0 bridgehead atoms. The third-order valence-corrected chi connectivity index (χ3v) is 2.44. The quantitative estimate of drug-likeness (QED) is 0.617. The molecule has 0 spiro atoms. The summed E-state index contributed by atoms with van der Waals surface area (Å²) in [6.45, 7) is 1.14. The van der Waals surface area contributed by atoms with Crippen molar-refractivity contribution in [2.45, 2.75) is 25.2 Å². The highest BCUT2D eigenvalue weighted by atomic mass is 19.4. The van der Waals surface area contributed by atoms with Gasteiger partial charge in [0.25, 0.3) is 0 Å². The summed E-state index contributed by atoms with van der Waals surface area (Å²) in [7, 11) is 0. The second-order valence-corrected chi connectivity index (χ2v) is 4.29. The molecule has 0 saturated carbocycles. The fourth-order valence-electron chi connectivity index (χ4n) is 1.41. The third kappa shape index (κ3) is 8.86. The van der Waals surface area contributed by atoms with Crippen LogP contribution in [0.3, 0.4) is 0 Å². The highest BCUT2D eigenvalue weighted by molar-refractivity contribution is 5.73. The fraction of sp³-hybridized carbons (Fsp3) is 0.385. The van der Waals surface area contributed by atoms with Crippen molar-refractivity contribution < 1.29 is 46.1 Å². The van der Waals surface area contributed by atoms with Crippen molar-refractivity contribution in [2.24, 2.45) is 0 Å². The van der Waals surface area contributed by atoms with Crippen molar-refractivity contribution in [1.29, 1.82) is 0 Å². The van der Waals surface area contributed by atoms with Crippen LogP contribution in [0.1, 0.15) is 12.0 Å². The minimum atomic E-state index is -5.08. The van der Waals surface area contributed by atoms with Gasteiger partial charge in [0.15, 0.2) is 0 Å². The Morgan fingerprint density at radius 2 is 1.33 bits per heavy atom. The van der Waals surface area contributed by atoms with Gasteiger partial charge in [0.2, 0.25) is 0 Å². The van der Waals surface area contributed by atoms with Gasteiger partial charge in [0, 0.05) is 12.2 Å². The van der Waals surface area contributed by atoms with E-state index in [1.807, 2.05) is 0 Å². The largest absolute Gasteiger partial charge is 0.490 e. The topological polar surface area (TPSA) is 86.6 Å². The SMILES string of the molecule is O=C(O)C(F)(F)F.O=C(O)C(F)(F)F.c1ccc2c(c1)CCCN2. The number of nitrogens with one attached hydrogen (secondary N) is 1. The Kier molecular flexibility index (Phi) is 8.07. The molecule has 2 rings (SSSR count). The van der Waals surface area contributed by atoms with E-state index in [2.05, 4.69) is 29.6 Å². The maximum atomic E-state index is 10.6. The van der Waals surface area contributed by atoms with E-state index in [9.17, 15) is 26.3 Å². The Morgan fingerprint density at radius 1 is 0.917 bits per heavy atom. The molecule has 1 aliphatic rings. The molecule has 136 valence electrons. The van der Waals surface area contributed by atoms with E-state index in [4.69, 9.17) is 19.8 Å². The first-order valence-electron chi connectivity index (χ1n) is 6.27. The molecule has 0 radical (unpaired) electrons. The Labute approximate surface area is 131 Å². The Morgan fingerprint density at radius 3 is 1.71 bits per heavy atom. The van der Waals surface area contributed by atoms with E-state index in [1.165, 1.54) is 24.1 Å². The average molecular weight is 361 g/mol. The predicted molar refractivity (Wildman–Crippen MR) is 70.6 cm³/mol. The summed E-state index contributed by atoms with van der Waals surface area (Å²) in [6, 6.07) is 8.53. The minimum absolute atomic E-state index is 1.14. The van der Waals surface area contributed by atoms with Crippen LogP contribution in [0.4, 0.5) is 32.0 Å². The number of para-hydroxylation sites is 1. The van der Waals surface area contributed by atoms with E-state index < -0.39 is 24.3 Å². The molecule has 11 heteroatoms. The molecule has 24 heavy (non-hydrogen) atoms. The fourth-order valence-corrected chi connectivity index (χ4v) is 1.41. The van der Waals surface area contributed by atoms with Crippen LogP contribution < -0.4 is 5.32 Å². The lowest BCUT2D eigenvalue weighted by Gasteiger charge is -2.16. The molecule has 0 unspecified atom stereocenters. The molecule has 0 amide bonds. The monoisotopic (exact) mass is 361 g/mol. The molecule has 3 N–H and O–H groups in total. The lowest BCUT2D eigenvalue weighted by Crippen LogP contribution is -2.21. The number of hydrogen-bond acceptors (Lipinski definition) is 3. The van der Waals surface area contributed by atoms with Crippen LogP contribution in [0.5, 0.6) is 0 Å². The summed E-state index contributed by atoms with van der Waals surface area (Å²) in [5.41, 5.74) is 2.79. The first-order valence-corrected chi connectivity index (χ1v) is 6.27. The minimum Gasteiger partial charge on any atom is -0.475 e. The van der Waals surface area contributed by atoms with Gasteiger partial charge < -0.3 is 15.5 Å². The van der Waals surface area contributed by atoms with E-state index in [0.29, 0.717) is 0 Å². The number of fused-ring (bicyclic) bond motifs is 1. The molecular weight excluding hydrogens is 348 g/mol. The van der Waals surface area contributed by atoms with E-state index >= 15 is 0 Å². The third-order valence-electron chi connectivity index (χ3n) is 2.44. The lowest BCUT2D eigenvalue weighted by atomic mass is 10.0. The van der Waals surface area contributed by atoms with Crippen LogP contribution in [-0.2, 0) is 16.0 Å². The summed E-state index contributed by atoms with van der Waals surface area (Å²) >= 11 is 0. The molecule has 1 aromatic carbocycles. The lowest BCUT2D eigenvalue weighted by molar-refractivity contribution is -0.193. The van der Waals surface area contributed by atoms with Crippen LogP contribution in [0.2, 0.25) is 0 Å². The molecule has 1 heterocycles. The summed E-state index contributed by atoms with van der Waals surface area (Å²) in [4.78, 5) is 17.8. The van der Waals surface area contributed by atoms with Gasteiger partial charge >= 0.3 is 24.3 Å². The summed E-state index contributed by atoms with van der Waals surface area (Å²) in [6.07, 6.45) is -7.65. The van der Waals surface area contributed by atoms with E-state index in [0.717, 1.165) is 6.54 Å². The van der Waals surface area contributed by atoms with Gasteiger partial charge in [-0.05, 0) is 24.5 Å². The molecule has 0 saturated heterocycles. The van der Waals surface area contributed by atoms with Crippen molar-refractivity contribution in [2.75, 3.05) is 11.9 Å². The van der Waals surface area contributed by atoms with Crippen molar-refractivity contribution >= 4 is 17.6 Å². The van der Waals surface area contributed by atoms with Crippen molar-refractivity contribution in [3.63, 3.8) is 0 Å². The number of alkyl halides is 6. The van der Waals surface area contributed by atoms with Crippen LogP contribution in [0.25, 0.3) is 0 Å². The first-order chi connectivity index (χ1) is 10.9. The first kappa shape index (κ1) is 21.5. The van der Waals surface area contributed by atoms with Gasteiger partial charge in [-0.15, -0.1) is 0 Å². The standard InChI is InChI=1S/C9H11N.2C2HF3O2/c1-2-6-9-8(4-1)5-3-7-10-9;2*3-2(4,5)1(6)7/h1-2,4,6,10H,3,5,7H2;2*(H,6,7). The van der Waals surface area contributed by atoms with Crippen LogP contribution in [0.15, 0.2) is 24.3 Å². The van der Waals surface area contributed by atoms with Gasteiger partial charge in [-0.3, -0.25) is 0 Å². The maximum Gasteiger partial charge on any atom is 0.490 e. The summed E-state index contributed by atoms with van der Waals surface area (Å²) in [5, 5.41) is 17.6. The number of carboxylic acids is 2. The molecule has 0 aromatic heterocycles. The zero-order chi connectivity index (χ0) is 19.0. The van der Waals surface area contributed by atoms with Gasteiger partial charge in [-0.1, -0.05) is 18.2 Å². The Balaban J connectivity index is 0.000000343. The molecular formula is C13H13F6NO4.